The van der Waals surface area contributed by atoms with Gasteiger partial charge >= 0.3 is 0 Å². The molecule has 180 valence electrons. The van der Waals surface area contributed by atoms with Crippen LogP contribution in [0.25, 0.3) is 44.2 Å². The molecule has 0 radical (unpaired) electrons. The highest BCUT2D eigenvalue weighted by Crippen LogP contribution is 2.39. The molecule has 0 amide bonds. The number of nitrogens with zero attached hydrogens (tertiary/aromatic N) is 5. The smallest absolute Gasteiger partial charge is 0.141 e. The molecular formula is C30H28FN5. The molecule has 0 saturated heterocycles. The third-order valence-corrected chi connectivity index (χ3v) is 7.66. The number of rotatable bonds is 4. The molecule has 1 aliphatic carbocycles. The van der Waals surface area contributed by atoms with Crippen LogP contribution < -0.4 is 0 Å². The van der Waals surface area contributed by atoms with Crippen LogP contribution in [0.4, 0.5) is 4.39 Å². The van der Waals surface area contributed by atoms with Crippen LogP contribution in [0.2, 0.25) is 0 Å². The Kier molecular flexibility index (Phi) is 5.77. The summed E-state index contributed by atoms with van der Waals surface area (Å²) in [6, 6.07) is 15.1. The Bertz CT molecular complexity index is 1610. The topological polar surface area (TPSA) is 59.4 Å². The van der Waals surface area contributed by atoms with Crippen LogP contribution in [0.1, 0.15) is 44.1 Å². The van der Waals surface area contributed by atoms with Gasteiger partial charge in [0.15, 0.2) is 0 Å². The van der Waals surface area contributed by atoms with E-state index in [1.54, 1.807) is 6.07 Å². The highest BCUT2D eigenvalue weighted by atomic mass is 19.1. The molecule has 1 saturated carbocycles. The molecule has 0 unspecified atom stereocenters. The Morgan fingerprint density at radius 3 is 2.56 bits per heavy atom. The molecule has 6 rings (SSSR count). The lowest BCUT2D eigenvalue weighted by atomic mass is 9.95. The Hall–Kier alpha value is -3.98. The number of hydrogen-bond acceptors (Lipinski definition) is 3. The van der Waals surface area contributed by atoms with E-state index in [1.165, 1.54) is 44.6 Å². The number of benzene rings is 2. The third-order valence-electron chi connectivity index (χ3n) is 7.66. The zero-order valence-corrected chi connectivity index (χ0v) is 20.4. The Morgan fingerprint density at radius 1 is 0.972 bits per heavy atom. The van der Waals surface area contributed by atoms with Gasteiger partial charge in [-0.25, -0.2) is 4.39 Å². The summed E-state index contributed by atoms with van der Waals surface area (Å²) in [7, 11) is 1.92. The van der Waals surface area contributed by atoms with Crippen LogP contribution in [0.3, 0.4) is 0 Å². The largest absolute Gasteiger partial charge is 0.346 e. The summed E-state index contributed by atoms with van der Waals surface area (Å²) in [5.74, 6) is 0.158. The van der Waals surface area contributed by atoms with Crippen LogP contribution in [0.15, 0.2) is 61.1 Å². The number of aromatic nitrogens is 4. The van der Waals surface area contributed by atoms with E-state index in [1.807, 2.05) is 48.4 Å². The molecule has 3 heterocycles. The maximum atomic E-state index is 14.8. The summed E-state index contributed by atoms with van der Waals surface area (Å²) in [6.07, 6.45) is 13.8. The summed E-state index contributed by atoms with van der Waals surface area (Å²) in [5, 5.41) is 15.7. The summed E-state index contributed by atoms with van der Waals surface area (Å²) in [6.45, 7) is 0.980. The van der Waals surface area contributed by atoms with E-state index >= 15 is 0 Å². The molecular weight excluding hydrogens is 449 g/mol. The predicted octanol–water partition coefficient (Wildman–Crippen LogP) is 7.24. The van der Waals surface area contributed by atoms with Gasteiger partial charge in [-0.3, -0.25) is 9.67 Å². The number of fused-ring (bicyclic) bond motifs is 2. The van der Waals surface area contributed by atoms with E-state index in [4.69, 9.17) is 4.98 Å². The molecule has 3 aromatic heterocycles. The van der Waals surface area contributed by atoms with Crippen molar-refractivity contribution in [1.29, 1.82) is 5.26 Å². The highest BCUT2D eigenvalue weighted by Gasteiger charge is 2.20. The van der Waals surface area contributed by atoms with Crippen LogP contribution in [0, 0.1) is 23.1 Å². The molecule has 0 atom stereocenters. The van der Waals surface area contributed by atoms with E-state index in [-0.39, 0.29) is 5.56 Å². The minimum absolute atomic E-state index is 0.0446. The molecule has 0 N–H and O–H groups in total. The van der Waals surface area contributed by atoms with Gasteiger partial charge in [0.05, 0.1) is 34.7 Å². The van der Waals surface area contributed by atoms with Gasteiger partial charge in [-0.15, -0.1) is 0 Å². The van der Waals surface area contributed by atoms with Crippen molar-refractivity contribution in [2.75, 3.05) is 0 Å². The second-order valence-corrected chi connectivity index (χ2v) is 9.95. The fourth-order valence-electron chi connectivity index (χ4n) is 5.72. The second kappa shape index (κ2) is 9.23. The molecule has 5 aromatic rings. The van der Waals surface area contributed by atoms with Crippen molar-refractivity contribution in [1.82, 2.24) is 19.3 Å². The van der Waals surface area contributed by atoms with Crippen molar-refractivity contribution in [2.24, 2.45) is 13.0 Å². The quantitative estimate of drug-likeness (QED) is 0.256. The number of hydrogen-bond donors (Lipinski definition) is 0. The average Bonchev–Trinajstić information content (AvgIpc) is 3.36. The molecule has 0 aliphatic heterocycles. The van der Waals surface area contributed by atoms with Crippen LogP contribution in [0.5, 0.6) is 0 Å². The Morgan fingerprint density at radius 2 is 1.78 bits per heavy atom. The van der Waals surface area contributed by atoms with E-state index in [0.29, 0.717) is 5.92 Å². The van der Waals surface area contributed by atoms with Crippen molar-refractivity contribution < 1.29 is 4.39 Å². The first kappa shape index (κ1) is 22.5. The fourth-order valence-corrected chi connectivity index (χ4v) is 5.72. The zero-order valence-electron chi connectivity index (χ0n) is 20.4. The minimum atomic E-state index is -0.515. The Labute approximate surface area is 209 Å². The van der Waals surface area contributed by atoms with E-state index in [2.05, 4.69) is 28.0 Å². The first-order valence-electron chi connectivity index (χ1n) is 12.7. The fraction of sp³-hybridized carbons (Fsp3) is 0.300. The Balaban J connectivity index is 1.52. The van der Waals surface area contributed by atoms with Crippen molar-refractivity contribution in [3.05, 3.63) is 72.4 Å². The summed E-state index contributed by atoms with van der Waals surface area (Å²) >= 11 is 0. The van der Waals surface area contributed by atoms with Gasteiger partial charge in [0.25, 0.3) is 0 Å². The van der Waals surface area contributed by atoms with Crippen molar-refractivity contribution in [2.45, 2.75) is 45.1 Å². The SMILES string of the molecule is Cn1ncc2cc(-c3ncc4c(ccn4CC4CCCCCC4)c3-c3ccc(C#N)c(F)c3)ccc21. The van der Waals surface area contributed by atoms with Crippen LogP contribution >= 0.6 is 0 Å². The monoisotopic (exact) mass is 477 g/mol. The first-order chi connectivity index (χ1) is 17.6. The number of halogens is 1. The normalized spacial score (nSPS) is 14.8. The van der Waals surface area contributed by atoms with E-state index < -0.39 is 5.82 Å². The number of aryl methyl sites for hydroxylation is 1. The highest BCUT2D eigenvalue weighted by molar-refractivity contribution is 6.02. The standard InChI is InChI=1S/C30H28FN5/c1-35-27-11-10-22(14-24(27)17-34-35)30-29(21-8-9-23(16-32)26(31)15-21)25-12-13-36(28(25)18-33-30)19-20-6-4-2-3-5-7-20/h8-15,17-18,20H,2-7,19H2,1H3. The van der Waals surface area contributed by atoms with Crippen molar-refractivity contribution in [3.63, 3.8) is 0 Å². The van der Waals surface area contributed by atoms with Gasteiger partial charge in [-0.1, -0.05) is 37.8 Å². The van der Waals surface area contributed by atoms with Crippen LogP contribution in [-0.4, -0.2) is 19.3 Å². The molecule has 0 spiro atoms. The molecule has 0 bridgehead atoms. The summed E-state index contributed by atoms with van der Waals surface area (Å²) < 4.78 is 18.9. The van der Waals surface area contributed by atoms with Crippen molar-refractivity contribution in [3.8, 4) is 28.5 Å². The van der Waals surface area contributed by atoms with E-state index in [0.717, 1.165) is 50.7 Å². The van der Waals surface area contributed by atoms with Crippen LogP contribution in [-0.2, 0) is 13.6 Å². The maximum absolute atomic E-state index is 14.8. The molecule has 1 fully saturated rings. The summed E-state index contributed by atoms with van der Waals surface area (Å²) in [5.41, 5.74) is 5.50. The first-order valence-corrected chi connectivity index (χ1v) is 12.7. The molecule has 36 heavy (non-hydrogen) atoms. The van der Waals surface area contributed by atoms with E-state index in [9.17, 15) is 9.65 Å². The van der Waals surface area contributed by atoms with Gasteiger partial charge in [-0.05, 0) is 54.7 Å². The number of nitriles is 1. The van der Waals surface area contributed by atoms with Gasteiger partial charge in [0.2, 0.25) is 0 Å². The maximum Gasteiger partial charge on any atom is 0.141 e. The summed E-state index contributed by atoms with van der Waals surface area (Å²) in [4.78, 5) is 4.95. The number of pyridine rings is 1. The molecule has 2 aromatic carbocycles. The van der Waals surface area contributed by atoms with Gasteiger partial charge < -0.3 is 4.57 Å². The predicted molar refractivity (Wildman–Crippen MR) is 141 cm³/mol. The second-order valence-electron chi connectivity index (χ2n) is 9.95. The molecule has 6 heteroatoms. The zero-order chi connectivity index (χ0) is 24.6. The lowest BCUT2D eigenvalue weighted by Gasteiger charge is -2.17. The lowest BCUT2D eigenvalue weighted by molar-refractivity contribution is 0.401. The van der Waals surface area contributed by atoms with Crippen molar-refractivity contribution >= 4 is 21.8 Å². The lowest BCUT2D eigenvalue weighted by Crippen LogP contribution is -2.09. The van der Waals surface area contributed by atoms with Gasteiger partial charge in [0.1, 0.15) is 11.9 Å². The molecule has 5 nitrogen and oxygen atoms in total. The minimum Gasteiger partial charge on any atom is -0.346 e. The molecule has 1 aliphatic rings. The third kappa shape index (κ3) is 3.95. The van der Waals surface area contributed by atoms with Gasteiger partial charge in [0, 0.05) is 41.7 Å². The van der Waals surface area contributed by atoms with Gasteiger partial charge in [-0.2, -0.15) is 10.4 Å². The average molecular weight is 478 g/mol.